The van der Waals surface area contributed by atoms with Gasteiger partial charge in [0, 0.05) is 32.7 Å². The zero-order chi connectivity index (χ0) is 15.7. The normalized spacial score (nSPS) is 23.1. The van der Waals surface area contributed by atoms with Crippen molar-refractivity contribution in [2.45, 2.75) is 33.6 Å². The van der Waals surface area contributed by atoms with Gasteiger partial charge in [0.15, 0.2) is 0 Å². The highest BCUT2D eigenvalue weighted by atomic mass is 15.3. The van der Waals surface area contributed by atoms with Gasteiger partial charge < -0.3 is 9.80 Å². The molecular weight excluding hydrogens is 260 g/mol. The van der Waals surface area contributed by atoms with Gasteiger partial charge in [-0.3, -0.25) is 9.80 Å². The molecule has 0 aromatic rings. The number of hydrogen-bond donors (Lipinski definition) is 0. The minimum absolute atomic E-state index is 0.937. The Morgan fingerprint density at radius 1 is 0.810 bits per heavy atom. The fraction of sp³-hybridized carbons (Fsp3) is 1.00. The molecule has 2 rings (SSSR count). The summed E-state index contributed by atoms with van der Waals surface area (Å²) in [6.45, 7) is 17.7. The van der Waals surface area contributed by atoms with Crippen molar-refractivity contribution in [2.75, 3.05) is 73.1 Å². The number of rotatable bonds is 5. The lowest BCUT2D eigenvalue weighted by Crippen LogP contribution is -2.49. The van der Waals surface area contributed by atoms with Crippen LogP contribution in [0, 0.1) is 5.92 Å². The predicted octanol–water partition coefficient (Wildman–Crippen LogP) is 1.88. The van der Waals surface area contributed by atoms with E-state index in [9.17, 15) is 0 Å². The summed E-state index contributed by atoms with van der Waals surface area (Å²) in [5, 5.41) is 0. The Balaban J connectivity index is 0.00000106. The van der Waals surface area contributed by atoms with Gasteiger partial charge in [0.2, 0.25) is 0 Å². The molecule has 2 fully saturated rings. The Morgan fingerprint density at radius 3 is 1.81 bits per heavy atom. The molecule has 2 aliphatic rings. The van der Waals surface area contributed by atoms with Crippen LogP contribution in [-0.4, -0.2) is 92.7 Å². The molecule has 0 aromatic heterocycles. The first-order valence-electron chi connectivity index (χ1n) is 8.99. The predicted molar refractivity (Wildman–Crippen MR) is 92.8 cm³/mol. The number of piperazine rings is 1. The Bertz CT molecular complexity index is 241. The SMILES string of the molecule is CC.CCN1CCN(CC2CCN(CN(C)C)CC2)CC1. The van der Waals surface area contributed by atoms with E-state index < -0.39 is 0 Å². The fourth-order valence-corrected chi connectivity index (χ4v) is 3.36. The number of likely N-dealkylation sites (tertiary alicyclic amines) is 1. The summed E-state index contributed by atoms with van der Waals surface area (Å²) < 4.78 is 0. The summed E-state index contributed by atoms with van der Waals surface area (Å²) in [5.41, 5.74) is 0. The maximum atomic E-state index is 2.69. The van der Waals surface area contributed by atoms with E-state index in [0.29, 0.717) is 0 Å². The molecule has 126 valence electrons. The summed E-state index contributed by atoms with van der Waals surface area (Å²) >= 11 is 0. The van der Waals surface area contributed by atoms with Crippen LogP contribution in [0.15, 0.2) is 0 Å². The van der Waals surface area contributed by atoms with Crippen LogP contribution in [0.2, 0.25) is 0 Å². The van der Waals surface area contributed by atoms with Crippen molar-refractivity contribution in [1.29, 1.82) is 0 Å². The lowest BCUT2D eigenvalue weighted by atomic mass is 9.96. The summed E-state index contributed by atoms with van der Waals surface area (Å²) in [7, 11) is 4.33. The van der Waals surface area contributed by atoms with E-state index in [-0.39, 0.29) is 0 Å². The molecule has 4 heteroatoms. The van der Waals surface area contributed by atoms with Crippen molar-refractivity contribution < 1.29 is 0 Å². The first kappa shape index (κ1) is 18.9. The molecule has 0 saturated carbocycles. The highest BCUT2D eigenvalue weighted by Crippen LogP contribution is 2.19. The largest absolute Gasteiger partial charge is 0.301 e. The van der Waals surface area contributed by atoms with Gasteiger partial charge in [-0.2, -0.15) is 0 Å². The van der Waals surface area contributed by atoms with Gasteiger partial charge in [-0.05, 0) is 52.5 Å². The van der Waals surface area contributed by atoms with Crippen molar-refractivity contribution >= 4 is 0 Å². The van der Waals surface area contributed by atoms with Crippen molar-refractivity contribution in [3.8, 4) is 0 Å². The van der Waals surface area contributed by atoms with E-state index >= 15 is 0 Å². The molecule has 0 radical (unpaired) electrons. The van der Waals surface area contributed by atoms with Crippen LogP contribution in [0.1, 0.15) is 33.6 Å². The Hall–Kier alpha value is -0.160. The van der Waals surface area contributed by atoms with Gasteiger partial charge in [-0.25, -0.2) is 0 Å². The number of likely N-dealkylation sites (N-methyl/N-ethyl adjacent to an activating group) is 1. The van der Waals surface area contributed by atoms with Crippen LogP contribution in [0.25, 0.3) is 0 Å². The number of hydrogen-bond acceptors (Lipinski definition) is 4. The first-order valence-corrected chi connectivity index (χ1v) is 8.99. The maximum absolute atomic E-state index is 2.69. The molecule has 2 saturated heterocycles. The van der Waals surface area contributed by atoms with Crippen molar-refractivity contribution in [3.63, 3.8) is 0 Å². The van der Waals surface area contributed by atoms with Gasteiger partial charge in [0.05, 0.1) is 6.67 Å². The molecule has 0 N–H and O–H groups in total. The summed E-state index contributed by atoms with van der Waals surface area (Å²) in [6, 6.07) is 0. The standard InChI is InChI=1S/C15H32N4.C2H6/c1-4-17-9-11-18(12-10-17)13-15-5-7-19(8-6-15)14-16(2)3;1-2/h15H,4-14H2,1-3H3;1-2H3. The van der Waals surface area contributed by atoms with Crippen molar-refractivity contribution in [2.24, 2.45) is 5.92 Å². The van der Waals surface area contributed by atoms with E-state index in [1.807, 2.05) is 13.8 Å². The highest BCUT2D eigenvalue weighted by Gasteiger charge is 2.23. The van der Waals surface area contributed by atoms with E-state index in [4.69, 9.17) is 0 Å². The molecule has 0 spiro atoms. The first-order chi connectivity index (χ1) is 10.2. The average molecular weight is 299 g/mol. The van der Waals surface area contributed by atoms with Crippen LogP contribution >= 0.6 is 0 Å². The van der Waals surface area contributed by atoms with Gasteiger partial charge in [0.1, 0.15) is 0 Å². The maximum Gasteiger partial charge on any atom is 0.0500 e. The second-order valence-electron chi connectivity index (χ2n) is 6.52. The molecule has 4 nitrogen and oxygen atoms in total. The van der Waals surface area contributed by atoms with Crippen LogP contribution < -0.4 is 0 Å². The molecule has 21 heavy (non-hydrogen) atoms. The Labute approximate surface area is 133 Å². The second kappa shape index (κ2) is 10.5. The van der Waals surface area contributed by atoms with Gasteiger partial charge >= 0.3 is 0 Å². The molecule has 0 unspecified atom stereocenters. The second-order valence-corrected chi connectivity index (χ2v) is 6.52. The van der Waals surface area contributed by atoms with E-state index in [2.05, 4.69) is 40.6 Å². The quantitative estimate of drug-likeness (QED) is 0.768. The zero-order valence-electron chi connectivity index (χ0n) is 15.1. The smallest absolute Gasteiger partial charge is 0.0500 e. The Morgan fingerprint density at radius 2 is 1.33 bits per heavy atom. The van der Waals surface area contributed by atoms with Crippen LogP contribution in [0.4, 0.5) is 0 Å². The molecule has 2 heterocycles. The van der Waals surface area contributed by atoms with Crippen molar-refractivity contribution in [3.05, 3.63) is 0 Å². The zero-order valence-corrected chi connectivity index (χ0v) is 15.1. The fourth-order valence-electron chi connectivity index (χ4n) is 3.36. The number of piperidine rings is 1. The molecule has 0 amide bonds. The minimum atomic E-state index is 0.937. The summed E-state index contributed by atoms with van der Waals surface area (Å²) in [5.74, 6) is 0.937. The third kappa shape index (κ3) is 7.09. The van der Waals surface area contributed by atoms with Crippen molar-refractivity contribution in [1.82, 2.24) is 19.6 Å². The molecule has 0 aliphatic carbocycles. The molecule has 0 bridgehead atoms. The third-order valence-electron chi connectivity index (χ3n) is 4.62. The third-order valence-corrected chi connectivity index (χ3v) is 4.62. The minimum Gasteiger partial charge on any atom is -0.301 e. The van der Waals surface area contributed by atoms with E-state index in [0.717, 1.165) is 12.6 Å². The van der Waals surface area contributed by atoms with Crippen LogP contribution in [0.5, 0.6) is 0 Å². The van der Waals surface area contributed by atoms with Gasteiger partial charge in [0.25, 0.3) is 0 Å². The average Bonchev–Trinajstić information content (AvgIpc) is 2.51. The lowest BCUT2D eigenvalue weighted by molar-refractivity contribution is 0.0831. The van der Waals surface area contributed by atoms with Crippen LogP contribution in [0.3, 0.4) is 0 Å². The summed E-state index contributed by atoms with van der Waals surface area (Å²) in [6.07, 6.45) is 2.78. The van der Waals surface area contributed by atoms with E-state index in [1.165, 1.54) is 65.2 Å². The lowest BCUT2D eigenvalue weighted by Gasteiger charge is -2.39. The van der Waals surface area contributed by atoms with E-state index in [1.54, 1.807) is 0 Å². The topological polar surface area (TPSA) is 13.0 Å². The van der Waals surface area contributed by atoms with Gasteiger partial charge in [-0.15, -0.1) is 0 Å². The molecular formula is C17H38N4. The summed E-state index contributed by atoms with van der Waals surface area (Å²) in [4.78, 5) is 10.1. The highest BCUT2D eigenvalue weighted by molar-refractivity contribution is 4.78. The monoisotopic (exact) mass is 298 g/mol. The molecule has 0 aromatic carbocycles. The molecule has 2 aliphatic heterocycles. The van der Waals surface area contributed by atoms with Gasteiger partial charge in [-0.1, -0.05) is 20.8 Å². The molecule has 0 atom stereocenters. The number of nitrogens with zero attached hydrogens (tertiary/aromatic N) is 4. The Kier molecular flexibility index (Phi) is 9.49. The van der Waals surface area contributed by atoms with Crippen LogP contribution in [-0.2, 0) is 0 Å².